The highest BCUT2D eigenvalue weighted by Gasteiger charge is 2.46. The Balaban J connectivity index is 2.15. The highest BCUT2D eigenvalue weighted by atomic mass is 19.3. The van der Waals surface area contributed by atoms with E-state index in [4.69, 9.17) is 0 Å². The summed E-state index contributed by atoms with van der Waals surface area (Å²) in [6.45, 7) is 3.67. The molecule has 2 N–H and O–H groups in total. The molecule has 9 heteroatoms. The number of nitrogens with zero attached hydrogens (tertiary/aromatic N) is 3. The predicted molar refractivity (Wildman–Crippen MR) is 56.0 cm³/mol. The Morgan fingerprint density at radius 1 is 1.44 bits per heavy atom. The Bertz CT molecular complexity index is 407. The summed E-state index contributed by atoms with van der Waals surface area (Å²) in [6, 6.07) is 0.163. The molecule has 0 amide bonds. The molecule has 0 unspecified atom stereocenters. The van der Waals surface area contributed by atoms with Gasteiger partial charge in [0.1, 0.15) is 0 Å². The number of rotatable bonds is 3. The molecule has 1 aromatic rings. The lowest BCUT2D eigenvalue weighted by Crippen LogP contribution is -2.49. The van der Waals surface area contributed by atoms with Crippen LogP contribution in [0.4, 0.5) is 23.5 Å². The first kappa shape index (κ1) is 13.1. The van der Waals surface area contributed by atoms with Crippen molar-refractivity contribution in [2.45, 2.75) is 25.3 Å². The monoisotopic (exact) mass is 267 g/mol. The van der Waals surface area contributed by atoms with Crippen LogP contribution in [0.2, 0.25) is 0 Å². The maximum Gasteiger partial charge on any atom is 0.365 e. The van der Waals surface area contributed by atoms with Gasteiger partial charge >= 0.3 is 12.3 Å². The third kappa shape index (κ3) is 2.40. The van der Waals surface area contributed by atoms with E-state index in [9.17, 15) is 17.6 Å². The van der Waals surface area contributed by atoms with Crippen LogP contribution in [0.3, 0.4) is 0 Å². The molecule has 1 aliphatic rings. The fourth-order valence-corrected chi connectivity index (χ4v) is 1.76. The number of nitrogens with one attached hydrogen (secondary N) is 2. The van der Waals surface area contributed by atoms with Gasteiger partial charge in [0.05, 0.1) is 0 Å². The van der Waals surface area contributed by atoms with E-state index in [1.165, 1.54) is 0 Å². The normalized spacial score (nSPS) is 21.7. The fourth-order valence-electron chi connectivity index (χ4n) is 1.76. The van der Waals surface area contributed by atoms with Gasteiger partial charge in [-0.2, -0.15) is 13.8 Å². The molecule has 18 heavy (non-hydrogen) atoms. The second kappa shape index (κ2) is 4.71. The second-order valence-corrected chi connectivity index (χ2v) is 4.21. The average Bonchev–Trinajstić information content (AvgIpc) is 2.78. The van der Waals surface area contributed by atoms with Crippen LogP contribution in [0, 0.1) is 0 Å². The topological polar surface area (TPSA) is 56.8 Å². The molecule has 2 rings (SSSR count). The molecule has 1 atom stereocenters. The summed E-state index contributed by atoms with van der Waals surface area (Å²) in [5.41, 5.74) is 0. The molecule has 0 spiro atoms. The molecular weight excluding hydrogens is 254 g/mol. The van der Waals surface area contributed by atoms with Crippen molar-refractivity contribution in [3.8, 4) is 0 Å². The van der Waals surface area contributed by atoms with Gasteiger partial charge in [-0.1, -0.05) is 0 Å². The second-order valence-electron chi connectivity index (χ2n) is 4.21. The van der Waals surface area contributed by atoms with Gasteiger partial charge < -0.3 is 10.2 Å². The van der Waals surface area contributed by atoms with Crippen LogP contribution in [0.1, 0.15) is 12.7 Å². The lowest BCUT2D eigenvalue weighted by molar-refractivity contribution is -0.140. The Morgan fingerprint density at radius 2 is 2.17 bits per heavy atom. The van der Waals surface area contributed by atoms with E-state index in [2.05, 4.69) is 15.4 Å². The van der Waals surface area contributed by atoms with E-state index in [1.54, 1.807) is 4.90 Å². The van der Waals surface area contributed by atoms with Gasteiger partial charge in [-0.25, -0.2) is 8.78 Å². The van der Waals surface area contributed by atoms with Crippen molar-refractivity contribution in [3.63, 3.8) is 0 Å². The summed E-state index contributed by atoms with van der Waals surface area (Å²) in [7, 11) is 0. The zero-order valence-electron chi connectivity index (χ0n) is 9.63. The molecule has 5 nitrogen and oxygen atoms in total. The van der Waals surface area contributed by atoms with Crippen LogP contribution < -0.4 is 10.2 Å². The molecular formula is C9H13F4N5. The van der Waals surface area contributed by atoms with Crippen molar-refractivity contribution in [3.05, 3.63) is 5.82 Å². The van der Waals surface area contributed by atoms with Crippen molar-refractivity contribution in [2.75, 3.05) is 24.5 Å². The molecule has 102 valence electrons. The molecule has 0 aliphatic carbocycles. The highest BCUT2D eigenvalue weighted by molar-refractivity contribution is 5.30. The number of H-pyrrole nitrogens is 1. The van der Waals surface area contributed by atoms with E-state index in [-0.39, 0.29) is 12.0 Å². The number of aromatic amines is 1. The minimum Gasteiger partial charge on any atom is -0.337 e. The molecule has 1 aliphatic heterocycles. The number of piperazine rings is 1. The number of hydrogen-bond acceptors (Lipinski definition) is 4. The minimum atomic E-state index is -4.30. The van der Waals surface area contributed by atoms with Gasteiger partial charge in [0.15, 0.2) is 0 Å². The fraction of sp³-hybridized carbons (Fsp3) is 0.778. The highest BCUT2D eigenvalue weighted by Crippen LogP contribution is 2.32. The van der Waals surface area contributed by atoms with Crippen LogP contribution in [-0.4, -0.2) is 47.3 Å². The Labute approximate surface area is 101 Å². The van der Waals surface area contributed by atoms with Crippen molar-refractivity contribution in [1.82, 2.24) is 20.5 Å². The molecule has 1 saturated heterocycles. The maximum atomic E-state index is 13.0. The third-order valence-corrected chi connectivity index (χ3v) is 2.72. The zero-order valence-corrected chi connectivity index (χ0v) is 9.63. The largest absolute Gasteiger partial charge is 0.365 e. The number of alkyl halides is 4. The van der Waals surface area contributed by atoms with Gasteiger partial charge in [-0.05, 0) is 6.92 Å². The summed E-state index contributed by atoms with van der Waals surface area (Å²) < 4.78 is 50.3. The molecule has 0 radical (unpaired) electrons. The summed E-state index contributed by atoms with van der Waals surface area (Å²) in [5.74, 6) is -5.37. The molecule has 1 fully saturated rings. The lowest BCUT2D eigenvalue weighted by atomic mass is 10.2. The first-order valence-electron chi connectivity index (χ1n) is 5.48. The molecule has 0 saturated carbocycles. The Hall–Kier alpha value is -1.38. The van der Waals surface area contributed by atoms with Crippen molar-refractivity contribution in [1.29, 1.82) is 0 Å². The van der Waals surface area contributed by atoms with Crippen LogP contribution in [0.25, 0.3) is 0 Å². The number of hydrogen-bond donors (Lipinski definition) is 2. The average molecular weight is 267 g/mol. The van der Waals surface area contributed by atoms with Crippen molar-refractivity contribution in [2.24, 2.45) is 0 Å². The van der Waals surface area contributed by atoms with Gasteiger partial charge in [0, 0.05) is 25.7 Å². The first-order chi connectivity index (χ1) is 8.41. The van der Waals surface area contributed by atoms with Crippen LogP contribution in [0.15, 0.2) is 0 Å². The van der Waals surface area contributed by atoms with E-state index in [0.29, 0.717) is 19.6 Å². The van der Waals surface area contributed by atoms with Gasteiger partial charge in [-0.3, -0.25) is 5.10 Å². The van der Waals surface area contributed by atoms with E-state index < -0.39 is 18.2 Å². The SMILES string of the molecule is C[C@H]1CN(c2n[nH]c(C(F)(F)C(F)F)n2)CCN1. The predicted octanol–water partition coefficient (Wildman–Crippen LogP) is 0.960. The maximum absolute atomic E-state index is 13.0. The number of halogens is 4. The van der Waals surface area contributed by atoms with E-state index >= 15 is 0 Å². The van der Waals surface area contributed by atoms with Gasteiger partial charge in [0.2, 0.25) is 11.8 Å². The van der Waals surface area contributed by atoms with E-state index in [1.807, 2.05) is 12.0 Å². The summed E-state index contributed by atoms with van der Waals surface area (Å²) in [6.07, 6.45) is -3.81. The Morgan fingerprint density at radius 3 is 2.78 bits per heavy atom. The summed E-state index contributed by atoms with van der Waals surface area (Å²) in [4.78, 5) is 5.13. The van der Waals surface area contributed by atoms with E-state index in [0.717, 1.165) is 0 Å². The molecule has 2 heterocycles. The molecule has 0 aromatic carbocycles. The minimum absolute atomic E-state index is 0.0266. The zero-order chi connectivity index (χ0) is 13.3. The summed E-state index contributed by atoms with van der Waals surface area (Å²) >= 11 is 0. The molecule has 1 aromatic heterocycles. The third-order valence-electron chi connectivity index (χ3n) is 2.72. The van der Waals surface area contributed by atoms with Crippen LogP contribution >= 0.6 is 0 Å². The number of anilines is 1. The van der Waals surface area contributed by atoms with Gasteiger partial charge in [-0.15, -0.1) is 5.10 Å². The Kier molecular flexibility index (Phi) is 3.42. The van der Waals surface area contributed by atoms with Crippen LogP contribution in [0.5, 0.6) is 0 Å². The number of aromatic nitrogens is 3. The standard InChI is InChI=1S/C9H13F4N5/c1-5-4-18(3-2-14-5)8-15-7(16-17-8)9(12,13)6(10)11/h5-6,14H,2-4H2,1H3,(H,15,16,17)/t5-/m0/s1. The van der Waals surface area contributed by atoms with Gasteiger partial charge in [0.25, 0.3) is 0 Å². The first-order valence-corrected chi connectivity index (χ1v) is 5.48. The smallest absolute Gasteiger partial charge is 0.337 e. The molecule has 0 bridgehead atoms. The summed E-state index contributed by atoms with van der Waals surface area (Å²) in [5, 5.41) is 8.62. The van der Waals surface area contributed by atoms with Crippen LogP contribution in [-0.2, 0) is 5.92 Å². The van der Waals surface area contributed by atoms with Crippen molar-refractivity contribution < 1.29 is 17.6 Å². The lowest BCUT2D eigenvalue weighted by Gasteiger charge is -2.30. The quantitative estimate of drug-likeness (QED) is 0.801. The van der Waals surface area contributed by atoms with Crippen molar-refractivity contribution >= 4 is 5.95 Å².